The lowest BCUT2D eigenvalue weighted by molar-refractivity contribution is -0.113. The van der Waals surface area contributed by atoms with Gasteiger partial charge in [-0.25, -0.2) is 0 Å². The number of nitrogens with zero attached hydrogens (tertiary/aromatic N) is 2. The Balaban J connectivity index is 2.48. The van der Waals surface area contributed by atoms with Gasteiger partial charge in [0.2, 0.25) is 5.91 Å². The van der Waals surface area contributed by atoms with Crippen LogP contribution in [0.3, 0.4) is 0 Å². The molecule has 1 amide bonds. The second-order valence-corrected chi connectivity index (χ2v) is 4.11. The highest BCUT2D eigenvalue weighted by Crippen LogP contribution is 2.21. The Morgan fingerprint density at radius 3 is 2.83 bits per heavy atom. The maximum absolute atomic E-state index is 10.8. The minimum absolute atomic E-state index is 0.443. The number of rotatable bonds is 3. The predicted molar refractivity (Wildman–Crippen MR) is 71.3 cm³/mol. The molecule has 2 aromatic rings. The molecule has 0 spiro atoms. The van der Waals surface area contributed by atoms with Crippen LogP contribution in [0.1, 0.15) is 17.0 Å². The summed E-state index contributed by atoms with van der Waals surface area (Å²) in [7, 11) is 0. The molecular formula is C14H15N3O. The van der Waals surface area contributed by atoms with Gasteiger partial charge in [0, 0.05) is 23.7 Å². The quantitative estimate of drug-likeness (QED) is 0.835. The average Bonchev–Trinajstić information content (AvgIpc) is 2.63. The molecule has 0 saturated heterocycles. The van der Waals surface area contributed by atoms with Gasteiger partial charge in [0.15, 0.2) is 0 Å². The topological polar surface area (TPSA) is 60.9 Å². The Hall–Kier alpha value is -2.36. The Labute approximate surface area is 106 Å². The Morgan fingerprint density at radius 1 is 1.44 bits per heavy atom. The Kier molecular flexibility index (Phi) is 3.28. The van der Waals surface area contributed by atoms with Crippen LogP contribution in [0.5, 0.6) is 0 Å². The van der Waals surface area contributed by atoms with Crippen molar-refractivity contribution in [1.82, 2.24) is 9.55 Å². The highest BCUT2D eigenvalue weighted by atomic mass is 16.1. The van der Waals surface area contributed by atoms with Gasteiger partial charge in [-0.2, -0.15) is 0 Å². The van der Waals surface area contributed by atoms with Crippen LogP contribution in [0.2, 0.25) is 0 Å². The first kappa shape index (κ1) is 12.1. The Morgan fingerprint density at radius 2 is 2.22 bits per heavy atom. The number of carbonyl (C=O) groups excluding carboxylic acids is 1. The number of pyridine rings is 1. The van der Waals surface area contributed by atoms with Crippen LogP contribution in [0, 0.1) is 13.8 Å². The van der Waals surface area contributed by atoms with Crippen molar-refractivity contribution in [3.63, 3.8) is 0 Å². The van der Waals surface area contributed by atoms with E-state index in [2.05, 4.69) is 9.55 Å². The van der Waals surface area contributed by atoms with E-state index in [-0.39, 0.29) is 0 Å². The van der Waals surface area contributed by atoms with Crippen LogP contribution >= 0.6 is 0 Å². The molecule has 0 aliphatic heterocycles. The summed E-state index contributed by atoms with van der Waals surface area (Å²) in [5, 5.41) is 0. The maximum Gasteiger partial charge on any atom is 0.241 e. The highest BCUT2D eigenvalue weighted by molar-refractivity contribution is 5.90. The molecule has 2 rings (SSSR count). The summed E-state index contributed by atoms with van der Waals surface area (Å²) >= 11 is 0. The largest absolute Gasteiger partial charge is 0.366 e. The van der Waals surface area contributed by atoms with Crippen LogP contribution in [0.25, 0.3) is 11.8 Å². The van der Waals surface area contributed by atoms with Crippen molar-refractivity contribution < 1.29 is 4.79 Å². The van der Waals surface area contributed by atoms with Crippen molar-refractivity contribution in [2.45, 2.75) is 13.8 Å². The van der Waals surface area contributed by atoms with E-state index in [1.54, 1.807) is 12.3 Å². The molecule has 0 fully saturated rings. The number of carbonyl (C=O) groups is 1. The first-order chi connectivity index (χ1) is 8.59. The molecule has 92 valence electrons. The predicted octanol–water partition coefficient (Wildman–Crippen LogP) is 1.99. The summed E-state index contributed by atoms with van der Waals surface area (Å²) in [6, 6.07) is 5.91. The number of primary amides is 1. The molecule has 0 aliphatic carbocycles. The molecule has 2 N–H and O–H groups in total. The van der Waals surface area contributed by atoms with Gasteiger partial charge in [0.05, 0.1) is 11.9 Å². The fourth-order valence-corrected chi connectivity index (χ4v) is 2.01. The second kappa shape index (κ2) is 4.87. The van der Waals surface area contributed by atoms with Crippen LogP contribution in [-0.4, -0.2) is 15.5 Å². The molecule has 0 saturated carbocycles. The van der Waals surface area contributed by atoms with Gasteiger partial charge in [-0.1, -0.05) is 0 Å². The standard InChI is InChI=1S/C14H15N3O/c1-10-8-12(5-6-14(15)18)11(2)17(10)13-4-3-7-16-9-13/h3-9H,1-2H3,(H2,15,18)/b6-5-. The van der Waals surface area contributed by atoms with Crippen LogP contribution in [-0.2, 0) is 4.79 Å². The van der Waals surface area contributed by atoms with Crippen LogP contribution < -0.4 is 5.73 Å². The third-order valence-corrected chi connectivity index (χ3v) is 2.80. The molecule has 4 heteroatoms. The number of hydrogen-bond acceptors (Lipinski definition) is 2. The van der Waals surface area contributed by atoms with Gasteiger partial charge >= 0.3 is 0 Å². The van der Waals surface area contributed by atoms with Crippen molar-refractivity contribution in [2.75, 3.05) is 0 Å². The number of hydrogen-bond donors (Lipinski definition) is 1. The minimum Gasteiger partial charge on any atom is -0.366 e. The first-order valence-corrected chi connectivity index (χ1v) is 5.66. The summed E-state index contributed by atoms with van der Waals surface area (Å²) in [5.41, 5.74) is 9.23. The van der Waals surface area contributed by atoms with E-state index < -0.39 is 5.91 Å². The fourth-order valence-electron chi connectivity index (χ4n) is 2.01. The lowest BCUT2D eigenvalue weighted by Crippen LogP contribution is -2.05. The second-order valence-electron chi connectivity index (χ2n) is 4.11. The average molecular weight is 241 g/mol. The molecule has 18 heavy (non-hydrogen) atoms. The van der Waals surface area contributed by atoms with E-state index in [0.29, 0.717) is 0 Å². The first-order valence-electron chi connectivity index (χ1n) is 5.66. The summed E-state index contributed by atoms with van der Waals surface area (Å²) in [6.45, 7) is 4.02. The van der Waals surface area contributed by atoms with Gasteiger partial charge in [-0.15, -0.1) is 0 Å². The molecule has 2 aromatic heterocycles. The molecule has 0 aliphatic rings. The zero-order valence-electron chi connectivity index (χ0n) is 10.4. The van der Waals surface area contributed by atoms with E-state index in [1.807, 2.05) is 38.2 Å². The Bertz CT molecular complexity index is 597. The van der Waals surface area contributed by atoms with Gasteiger partial charge in [0.25, 0.3) is 0 Å². The third kappa shape index (κ3) is 2.32. The molecule has 0 aromatic carbocycles. The fraction of sp³-hybridized carbons (Fsp3) is 0.143. The number of aromatic nitrogens is 2. The summed E-state index contributed by atoms with van der Waals surface area (Å²) in [4.78, 5) is 14.9. The minimum atomic E-state index is -0.443. The number of nitrogens with two attached hydrogens (primary N) is 1. The van der Waals surface area contributed by atoms with Gasteiger partial charge in [0.1, 0.15) is 0 Å². The highest BCUT2D eigenvalue weighted by Gasteiger charge is 2.08. The van der Waals surface area contributed by atoms with Crippen LogP contribution in [0.15, 0.2) is 36.7 Å². The van der Waals surface area contributed by atoms with Crippen molar-refractivity contribution >= 4 is 12.0 Å². The van der Waals surface area contributed by atoms with E-state index in [0.717, 1.165) is 22.6 Å². The van der Waals surface area contributed by atoms with E-state index in [9.17, 15) is 4.79 Å². The normalized spacial score (nSPS) is 11.0. The van der Waals surface area contributed by atoms with Gasteiger partial charge in [-0.05, 0) is 43.7 Å². The monoisotopic (exact) mass is 241 g/mol. The molecule has 2 heterocycles. The lowest BCUT2D eigenvalue weighted by Gasteiger charge is -2.08. The SMILES string of the molecule is Cc1cc(/C=C\C(N)=O)c(C)n1-c1cccnc1. The van der Waals surface area contributed by atoms with Crippen LogP contribution in [0.4, 0.5) is 0 Å². The van der Waals surface area contributed by atoms with Crippen molar-refractivity contribution in [3.8, 4) is 5.69 Å². The molecule has 0 atom stereocenters. The molecule has 4 nitrogen and oxygen atoms in total. The molecular weight excluding hydrogens is 226 g/mol. The summed E-state index contributed by atoms with van der Waals surface area (Å²) < 4.78 is 2.09. The molecule has 0 unspecified atom stereocenters. The number of amides is 1. The zero-order valence-corrected chi connectivity index (χ0v) is 10.4. The zero-order chi connectivity index (χ0) is 13.1. The van der Waals surface area contributed by atoms with Crippen molar-refractivity contribution in [3.05, 3.63) is 53.6 Å². The summed E-state index contributed by atoms with van der Waals surface area (Å²) in [6.07, 6.45) is 6.65. The van der Waals surface area contributed by atoms with Gasteiger partial charge < -0.3 is 10.3 Å². The van der Waals surface area contributed by atoms with E-state index in [1.165, 1.54) is 6.08 Å². The van der Waals surface area contributed by atoms with Crippen molar-refractivity contribution in [1.29, 1.82) is 0 Å². The van der Waals surface area contributed by atoms with E-state index in [4.69, 9.17) is 5.73 Å². The van der Waals surface area contributed by atoms with Crippen molar-refractivity contribution in [2.24, 2.45) is 5.73 Å². The smallest absolute Gasteiger partial charge is 0.241 e. The lowest BCUT2D eigenvalue weighted by atomic mass is 10.2. The summed E-state index contributed by atoms with van der Waals surface area (Å²) in [5.74, 6) is -0.443. The van der Waals surface area contributed by atoms with Gasteiger partial charge in [-0.3, -0.25) is 9.78 Å². The number of aryl methyl sites for hydroxylation is 1. The molecule has 0 radical (unpaired) electrons. The maximum atomic E-state index is 10.8. The molecule has 0 bridgehead atoms. The van der Waals surface area contributed by atoms with E-state index >= 15 is 0 Å². The third-order valence-electron chi connectivity index (χ3n) is 2.80.